The molecular formula is C42H44Cl2N6O6S4. The number of halogens is 2. The Morgan fingerprint density at radius 2 is 1.02 bits per heavy atom. The van der Waals surface area contributed by atoms with Gasteiger partial charge in [-0.1, -0.05) is 40.9 Å². The minimum atomic E-state index is -3.54. The lowest BCUT2D eigenvalue weighted by atomic mass is 10.0. The van der Waals surface area contributed by atoms with E-state index in [1.807, 2.05) is 11.4 Å². The molecule has 2 saturated heterocycles. The molecule has 6 aromatic rings. The fourth-order valence-electron chi connectivity index (χ4n) is 6.81. The van der Waals surface area contributed by atoms with Crippen molar-refractivity contribution in [2.75, 3.05) is 76.4 Å². The van der Waals surface area contributed by atoms with Gasteiger partial charge >= 0.3 is 0 Å². The van der Waals surface area contributed by atoms with Crippen LogP contribution in [0.3, 0.4) is 0 Å². The summed E-state index contributed by atoms with van der Waals surface area (Å²) >= 11 is 15.4. The van der Waals surface area contributed by atoms with Gasteiger partial charge in [-0.25, -0.2) is 26.8 Å². The summed E-state index contributed by atoms with van der Waals surface area (Å²) in [6.07, 6.45) is 0. The zero-order valence-electron chi connectivity index (χ0n) is 33.4. The van der Waals surface area contributed by atoms with Crippen molar-refractivity contribution < 1.29 is 26.3 Å². The molecule has 2 fully saturated rings. The maximum Gasteiger partial charge on any atom is 0.243 e. The third-order valence-electron chi connectivity index (χ3n) is 10.3. The Balaban J connectivity index is 0.000000181. The molecule has 60 heavy (non-hydrogen) atoms. The van der Waals surface area contributed by atoms with Crippen LogP contribution in [0.15, 0.2) is 105 Å². The summed E-state index contributed by atoms with van der Waals surface area (Å²) in [5.74, 6) is 1.27. The number of sulfonamides is 2. The van der Waals surface area contributed by atoms with Crippen LogP contribution in [0.2, 0.25) is 10.0 Å². The first-order valence-electron chi connectivity index (χ1n) is 19.0. The fraction of sp³-hybridized carbons (Fsp3) is 0.286. The first-order valence-corrected chi connectivity index (χ1v) is 24.4. The topological polar surface area (TPSA) is 125 Å². The monoisotopic (exact) mass is 926 g/mol. The molecule has 0 radical (unpaired) electrons. The zero-order chi connectivity index (χ0) is 42.6. The van der Waals surface area contributed by atoms with E-state index in [4.69, 9.17) is 42.6 Å². The second-order valence-electron chi connectivity index (χ2n) is 14.1. The maximum absolute atomic E-state index is 12.9. The summed E-state index contributed by atoms with van der Waals surface area (Å²) < 4.78 is 65.0. The highest BCUT2D eigenvalue weighted by Gasteiger charge is 2.31. The average molecular weight is 928 g/mol. The molecule has 2 aliphatic rings. The van der Waals surface area contributed by atoms with E-state index < -0.39 is 20.0 Å². The highest BCUT2D eigenvalue weighted by atomic mass is 35.5. The molecule has 12 nitrogen and oxygen atoms in total. The van der Waals surface area contributed by atoms with Crippen LogP contribution in [0.1, 0.15) is 11.1 Å². The third kappa shape index (κ3) is 9.76. The summed E-state index contributed by atoms with van der Waals surface area (Å²) in [5, 5.41) is 6.94. The minimum absolute atomic E-state index is 0.269. The molecular weight excluding hydrogens is 884 g/mol. The molecule has 0 bridgehead atoms. The normalized spacial score (nSPS) is 15.4. The Morgan fingerprint density at radius 3 is 1.45 bits per heavy atom. The smallest absolute Gasteiger partial charge is 0.243 e. The Hall–Kier alpha value is -4.26. The summed E-state index contributed by atoms with van der Waals surface area (Å²) in [5.41, 5.74) is 6.15. The van der Waals surface area contributed by atoms with E-state index in [0.717, 1.165) is 32.8 Å². The lowest BCUT2D eigenvalue weighted by Crippen LogP contribution is -2.48. The molecule has 0 unspecified atom stereocenters. The number of hydrogen-bond acceptors (Lipinski definition) is 12. The Morgan fingerprint density at radius 1 is 0.567 bits per heavy atom. The van der Waals surface area contributed by atoms with Crippen LogP contribution in [0, 0.1) is 13.8 Å². The number of thiazole rings is 2. The van der Waals surface area contributed by atoms with Crippen molar-refractivity contribution in [3.63, 3.8) is 0 Å². The number of ether oxygens (including phenoxy) is 2. The average Bonchev–Trinajstić information content (AvgIpc) is 3.96. The summed E-state index contributed by atoms with van der Waals surface area (Å²) in [6.45, 7) is 8.21. The van der Waals surface area contributed by atoms with Crippen LogP contribution in [0.5, 0.6) is 11.5 Å². The van der Waals surface area contributed by atoms with E-state index in [9.17, 15) is 16.8 Å². The van der Waals surface area contributed by atoms with Crippen LogP contribution in [-0.2, 0) is 20.0 Å². The number of rotatable bonds is 10. The number of benzene rings is 4. The fourth-order valence-corrected chi connectivity index (χ4v) is 11.9. The summed E-state index contributed by atoms with van der Waals surface area (Å²) in [7, 11) is -3.93. The van der Waals surface area contributed by atoms with Crippen molar-refractivity contribution >= 4 is 76.2 Å². The van der Waals surface area contributed by atoms with Gasteiger partial charge in [0.1, 0.15) is 11.5 Å². The molecule has 18 heteroatoms. The Bertz CT molecular complexity index is 2640. The quantitative estimate of drug-likeness (QED) is 0.132. The highest BCUT2D eigenvalue weighted by molar-refractivity contribution is 7.89. The van der Waals surface area contributed by atoms with Gasteiger partial charge < -0.3 is 19.3 Å². The minimum Gasteiger partial charge on any atom is -0.497 e. The molecule has 2 aliphatic heterocycles. The van der Waals surface area contributed by atoms with Crippen LogP contribution in [-0.4, -0.2) is 102 Å². The lowest BCUT2D eigenvalue weighted by Gasteiger charge is -2.33. The van der Waals surface area contributed by atoms with E-state index in [0.29, 0.717) is 78.8 Å². The molecule has 316 valence electrons. The van der Waals surface area contributed by atoms with Gasteiger partial charge in [0.2, 0.25) is 20.0 Å². The summed E-state index contributed by atoms with van der Waals surface area (Å²) in [4.78, 5) is 14.4. The number of anilines is 2. The van der Waals surface area contributed by atoms with Crippen LogP contribution < -0.4 is 19.3 Å². The molecule has 8 rings (SSSR count). The van der Waals surface area contributed by atoms with E-state index in [-0.39, 0.29) is 4.90 Å². The standard InChI is InChI=1S/C22H25N3O3S2.C20H19Cl2N3O3S2/c1-16-4-5-17(2)20(14-16)21-15-29-22(23-21)24-10-12-25(13-11-24)30(26,27)19-8-6-18(28-3)7-9-19;1-28-15-3-5-16(6-4-15)30(26,27)25-10-8-24(9-11-25)20-23-19(13-29-20)17-7-2-14(21)12-18(17)22/h4-9,14-15H,10-13H2,1-3H3;2-7,12-13H,8-11H2,1H3. The van der Waals surface area contributed by atoms with Gasteiger partial charge in [-0.15, -0.1) is 22.7 Å². The van der Waals surface area contributed by atoms with Crippen LogP contribution in [0.4, 0.5) is 10.3 Å². The number of aryl methyl sites for hydroxylation is 2. The highest BCUT2D eigenvalue weighted by Crippen LogP contribution is 2.35. The number of hydrogen-bond donors (Lipinski definition) is 0. The Labute approximate surface area is 369 Å². The second kappa shape index (κ2) is 18.8. The van der Waals surface area contributed by atoms with Gasteiger partial charge in [0, 0.05) is 79.3 Å². The summed E-state index contributed by atoms with van der Waals surface area (Å²) in [6, 6.07) is 24.7. The number of methoxy groups -OCH3 is 2. The van der Waals surface area contributed by atoms with Gasteiger partial charge in [-0.3, -0.25) is 0 Å². The lowest BCUT2D eigenvalue weighted by molar-refractivity contribution is 0.384. The molecule has 0 atom stereocenters. The van der Waals surface area contributed by atoms with E-state index in [1.54, 1.807) is 90.5 Å². The number of aromatic nitrogens is 2. The number of piperazine rings is 2. The number of nitrogens with zero attached hydrogens (tertiary/aromatic N) is 6. The second-order valence-corrected chi connectivity index (χ2v) is 20.5. The zero-order valence-corrected chi connectivity index (χ0v) is 38.2. The van der Waals surface area contributed by atoms with Crippen molar-refractivity contribution in [1.82, 2.24) is 18.6 Å². The SMILES string of the molecule is COc1ccc(S(=O)(=O)N2CCN(c3nc(-c4cc(C)ccc4C)cs3)CC2)cc1.COc1ccc(S(=O)(=O)N2CCN(c3nc(-c4ccc(Cl)cc4Cl)cs3)CC2)cc1. The first kappa shape index (κ1) is 43.8. The maximum atomic E-state index is 12.9. The third-order valence-corrected chi connectivity index (χ3v) is 16.4. The molecule has 0 aliphatic carbocycles. The first-order chi connectivity index (χ1) is 28.8. The molecule has 4 aromatic carbocycles. The Kier molecular flexibility index (Phi) is 13.7. The molecule has 0 amide bonds. The molecule has 2 aromatic heterocycles. The molecule has 0 spiro atoms. The predicted octanol–water partition coefficient (Wildman–Crippen LogP) is 8.58. The molecule has 4 heterocycles. The van der Waals surface area contributed by atoms with Gasteiger partial charge in [0.25, 0.3) is 0 Å². The van der Waals surface area contributed by atoms with Crippen LogP contribution >= 0.6 is 45.9 Å². The van der Waals surface area contributed by atoms with Gasteiger partial charge in [0.15, 0.2) is 10.3 Å². The van der Waals surface area contributed by atoms with Crippen molar-refractivity contribution in [3.8, 4) is 34.0 Å². The van der Waals surface area contributed by atoms with Gasteiger partial charge in [0.05, 0.1) is 40.4 Å². The van der Waals surface area contributed by atoms with Crippen molar-refractivity contribution in [2.45, 2.75) is 23.6 Å². The van der Waals surface area contributed by atoms with Gasteiger partial charge in [-0.2, -0.15) is 8.61 Å². The molecule has 0 N–H and O–H groups in total. The van der Waals surface area contributed by atoms with Crippen LogP contribution in [0.25, 0.3) is 22.5 Å². The van der Waals surface area contributed by atoms with E-state index >= 15 is 0 Å². The van der Waals surface area contributed by atoms with E-state index in [2.05, 4.69) is 47.2 Å². The van der Waals surface area contributed by atoms with E-state index in [1.165, 1.54) is 26.8 Å². The predicted molar refractivity (Wildman–Crippen MR) is 243 cm³/mol. The van der Waals surface area contributed by atoms with Gasteiger partial charge in [-0.05, 0) is 92.2 Å². The largest absolute Gasteiger partial charge is 0.497 e. The van der Waals surface area contributed by atoms with Crippen molar-refractivity contribution in [2.24, 2.45) is 0 Å². The van der Waals surface area contributed by atoms with Crippen molar-refractivity contribution in [3.05, 3.63) is 117 Å². The van der Waals surface area contributed by atoms with Crippen molar-refractivity contribution in [1.29, 1.82) is 0 Å². The molecule has 0 saturated carbocycles.